The molecule has 0 aliphatic heterocycles. The minimum Gasteiger partial charge on any atom is -0.398 e. The van der Waals surface area contributed by atoms with Gasteiger partial charge in [-0.25, -0.2) is 0 Å². The minimum absolute atomic E-state index is 0.215. The lowest BCUT2D eigenvalue weighted by Crippen LogP contribution is -1.97. The van der Waals surface area contributed by atoms with Crippen LogP contribution in [0.4, 0.5) is 5.69 Å². The molecule has 2 aromatic rings. The van der Waals surface area contributed by atoms with Gasteiger partial charge in [-0.1, -0.05) is 36.4 Å². The molecule has 15 heavy (non-hydrogen) atoms. The normalized spacial score (nSPS) is 10.7. The monoisotopic (exact) mass is 201 g/mol. The van der Waals surface area contributed by atoms with Crippen molar-refractivity contribution in [1.82, 2.24) is 0 Å². The Kier molecular flexibility index (Phi) is 2.88. The van der Waals surface area contributed by atoms with Crippen LogP contribution in [0.25, 0.3) is 10.8 Å². The van der Waals surface area contributed by atoms with Crippen molar-refractivity contribution in [3.63, 3.8) is 0 Å². The molecule has 0 heterocycles. The zero-order chi connectivity index (χ0) is 10.7. The summed E-state index contributed by atoms with van der Waals surface area (Å²) in [5, 5.41) is 11.1. The molecular formula is C13H15NO. The second-order valence-electron chi connectivity index (χ2n) is 3.69. The van der Waals surface area contributed by atoms with Crippen LogP contribution in [-0.2, 0) is 6.42 Å². The molecule has 0 aliphatic carbocycles. The highest BCUT2D eigenvalue weighted by atomic mass is 16.2. The number of rotatable bonds is 3. The third-order valence-corrected chi connectivity index (χ3v) is 2.67. The number of anilines is 1. The molecule has 0 unspecified atom stereocenters. The van der Waals surface area contributed by atoms with Crippen LogP contribution in [0.5, 0.6) is 0 Å². The fraction of sp³-hybridized carbons (Fsp3) is 0.231. The molecule has 2 heteroatoms. The van der Waals surface area contributed by atoms with Crippen LogP contribution < -0.4 is 5.73 Å². The number of hydrogen-bond donors (Lipinski definition) is 2. The first-order valence-corrected chi connectivity index (χ1v) is 5.20. The van der Waals surface area contributed by atoms with E-state index < -0.39 is 0 Å². The minimum atomic E-state index is 0.215. The maximum atomic E-state index is 8.79. The molecule has 0 spiro atoms. The summed E-state index contributed by atoms with van der Waals surface area (Å²) in [6.45, 7) is 0.215. The van der Waals surface area contributed by atoms with Crippen molar-refractivity contribution in [2.45, 2.75) is 12.8 Å². The average Bonchev–Trinajstić information content (AvgIpc) is 2.29. The van der Waals surface area contributed by atoms with Crippen molar-refractivity contribution in [2.24, 2.45) is 0 Å². The first kappa shape index (κ1) is 9.99. The highest BCUT2D eigenvalue weighted by Crippen LogP contribution is 2.25. The molecule has 0 aromatic heterocycles. The van der Waals surface area contributed by atoms with Crippen LogP contribution in [0.15, 0.2) is 36.4 Å². The summed E-state index contributed by atoms with van der Waals surface area (Å²) in [6, 6.07) is 12.2. The zero-order valence-corrected chi connectivity index (χ0v) is 8.61. The Balaban J connectivity index is 2.45. The van der Waals surface area contributed by atoms with E-state index in [4.69, 9.17) is 10.8 Å². The number of hydrogen-bond acceptors (Lipinski definition) is 2. The lowest BCUT2D eigenvalue weighted by molar-refractivity contribution is 0.288. The van der Waals surface area contributed by atoms with Crippen LogP contribution in [0, 0.1) is 0 Å². The smallest absolute Gasteiger partial charge is 0.0434 e. The van der Waals surface area contributed by atoms with Gasteiger partial charge in [0, 0.05) is 17.7 Å². The molecule has 2 rings (SSSR count). The van der Waals surface area contributed by atoms with Crippen molar-refractivity contribution < 1.29 is 5.11 Å². The van der Waals surface area contributed by atoms with Gasteiger partial charge >= 0.3 is 0 Å². The maximum Gasteiger partial charge on any atom is 0.0434 e. The number of fused-ring (bicyclic) bond motifs is 1. The molecule has 2 aromatic carbocycles. The number of aliphatic hydroxyl groups excluding tert-OH is 1. The second kappa shape index (κ2) is 4.32. The van der Waals surface area contributed by atoms with Crippen molar-refractivity contribution in [3.05, 3.63) is 42.0 Å². The number of aryl methyl sites for hydroxylation is 1. The second-order valence-corrected chi connectivity index (χ2v) is 3.69. The Hall–Kier alpha value is -1.54. The van der Waals surface area contributed by atoms with Crippen LogP contribution >= 0.6 is 0 Å². The van der Waals surface area contributed by atoms with Gasteiger partial charge in [0.05, 0.1) is 0 Å². The predicted molar refractivity (Wildman–Crippen MR) is 63.8 cm³/mol. The summed E-state index contributed by atoms with van der Waals surface area (Å²) in [6.07, 6.45) is 1.61. The van der Waals surface area contributed by atoms with Gasteiger partial charge in [-0.05, 0) is 23.8 Å². The highest BCUT2D eigenvalue weighted by molar-refractivity contribution is 5.94. The Morgan fingerprint density at radius 2 is 1.87 bits per heavy atom. The van der Waals surface area contributed by atoms with E-state index in [9.17, 15) is 0 Å². The highest BCUT2D eigenvalue weighted by Gasteiger charge is 2.03. The Bertz CT molecular complexity index is 465. The van der Waals surface area contributed by atoms with E-state index in [1.807, 2.05) is 24.3 Å². The van der Waals surface area contributed by atoms with Crippen LogP contribution in [0.3, 0.4) is 0 Å². The zero-order valence-electron chi connectivity index (χ0n) is 8.61. The third kappa shape index (κ3) is 1.95. The van der Waals surface area contributed by atoms with E-state index in [0.717, 1.165) is 29.5 Å². The number of aliphatic hydroxyl groups is 1. The van der Waals surface area contributed by atoms with Gasteiger partial charge in [0.1, 0.15) is 0 Å². The van der Waals surface area contributed by atoms with E-state index in [1.54, 1.807) is 0 Å². The van der Waals surface area contributed by atoms with Gasteiger partial charge in [0.2, 0.25) is 0 Å². The molecule has 0 bridgehead atoms. The Labute approximate surface area is 89.3 Å². The van der Waals surface area contributed by atoms with Gasteiger partial charge < -0.3 is 10.8 Å². The first-order chi connectivity index (χ1) is 7.33. The van der Waals surface area contributed by atoms with Crippen LogP contribution in [0.1, 0.15) is 12.0 Å². The molecule has 0 radical (unpaired) electrons. The lowest BCUT2D eigenvalue weighted by atomic mass is 10.0. The number of nitrogen functional groups attached to an aromatic ring is 1. The molecule has 78 valence electrons. The van der Waals surface area contributed by atoms with E-state index in [0.29, 0.717) is 0 Å². The van der Waals surface area contributed by atoms with Gasteiger partial charge in [-0.3, -0.25) is 0 Å². The molecule has 0 saturated carbocycles. The van der Waals surface area contributed by atoms with E-state index in [2.05, 4.69) is 12.1 Å². The summed E-state index contributed by atoms with van der Waals surface area (Å²) >= 11 is 0. The summed E-state index contributed by atoms with van der Waals surface area (Å²) in [4.78, 5) is 0. The maximum absolute atomic E-state index is 8.79. The molecule has 0 atom stereocenters. The largest absolute Gasteiger partial charge is 0.398 e. The van der Waals surface area contributed by atoms with Crippen molar-refractivity contribution >= 4 is 16.5 Å². The van der Waals surface area contributed by atoms with Crippen LogP contribution in [-0.4, -0.2) is 11.7 Å². The van der Waals surface area contributed by atoms with Crippen molar-refractivity contribution in [2.75, 3.05) is 12.3 Å². The van der Waals surface area contributed by atoms with Gasteiger partial charge in [-0.15, -0.1) is 0 Å². The molecule has 0 amide bonds. The molecule has 0 saturated heterocycles. The van der Waals surface area contributed by atoms with Gasteiger partial charge in [0.25, 0.3) is 0 Å². The third-order valence-electron chi connectivity index (χ3n) is 2.67. The summed E-state index contributed by atoms with van der Waals surface area (Å²) in [5.74, 6) is 0. The standard InChI is InChI=1S/C13H15NO/c14-13-11(5-3-9-15)8-7-10-4-1-2-6-12(10)13/h1-2,4,6-8,15H,3,5,9,14H2. The van der Waals surface area contributed by atoms with Crippen molar-refractivity contribution in [1.29, 1.82) is 0 Å². The fourth-order valence-electron chi connectivity index (χ4n) is 1.83. The average molecular weight is 201 g/mol. The lowest BCUT2D eigenvalue weighted by Gasteiger charge is -2.08. The quantitative estimate of drug-likeness (QED) is 0.749. The van der Waals surface area contributed by atoms with E-state index in [-0.39, 0.29) is 6.61 Å². The fourth-order valence-corrected chi connectivity index (χ4v) is 1.83. The summed E-state index contributed by atoms with van der Waals surface area (Å²) in [5.41, 5.74) is 8.05. The summed E-state index contributed by atoms with van der Waals surface area (Å²) in [7, 11) is 0. The molecular weight excluding hydrogens is 186 g/mol. The predicted octanol–water partition coefficient (Wildman–Crippen LogP) is 2.35. The van der Waals surface area contributed by atoms with E-state index in [1.165, 1.54) is 5.39 Å². The molecule has 0 fully saturated rings. The number of benzene rings is 2. The Morgan fingerprint density at radius 1 is 1.07 bits per heavy atom. The summed E-state index contributed by atoms with van der Waals surface area (Å²) < 4.78 is 0. The van der Waals surface area contributed by atoms with Gasteiger partial charge in [-0.2, -0.15) is 0 Å². The molecule has 2 nitrogen and oxygen atoms in total. The molecule has 0 aliphatic rings. The van der Waals surface area contributed by atoms with Crippen LogP contribution in [0.2, 0.25) is 0 Å². The topological polar surface area (TPSA) is 46.2 Å². The SMILES string of the molecule is Nc1c(CCCO)ccc2ccccc12. The first-order valence-electron chi connectivity index (χ1n) is 5.20. The van der Waals surface area contributed by atoms with Gasteiger partial charge in [0.15, 0.2) is 0 Å². The molecule has 3 N–H and O–H groups in total. The Morgan fingerprint density at radius 3 is 2.67 bits per heavy atom. The number of nitrogens with two attached hydrogens (primary N) is 1. The van der Waals surface area contributed by atoms with E-state index >= 15 is 0 Å². The van der Waals surface area contributed by atoms with Crippen molar-refractivity contribution in [3.8, 4) is 0 Å².